The summed E-state index contributed by atoms with van der Waals surface area (Å²) in [7, 11) is -3.94. The number of halogens is 1. The lowest BCUT2D eigenvalue weighted by Gasteiger charge is -2.20. The molecule has 29 heavy (non-hydrogen) atoms. The highest BCUT2D eigenvalue weighted by Gasteiger charge is 2.34. The Hall–Kier alpha value is -2.25. The molecule has 0 spiro atoms. The van der Waals surface area contributed by atoms with Crippen LogP contribution in [-0.2, 0) is 10.0 Å². The van der Waals surface area contributed by atoms with Crippen LogP contribution in [0, 0.1) is 18.7 Å². The zero-order valence-electron chi connectivity index (χ0n) is 16.4. The molecule has 1 aliphatic heterocycles. The third-order valence-corrected chi connectivity index (χ3v) is 7.61. The van der Waals surface area contributed by atoms with Crippen molar-refractivity contribution in [1.29, 1.82) is 0 Å². The Morgan fingerprint density at radius 3 is 2.38 bits per heavy atom. The number of sulfonamides is 1. The van der Waals surface area contributed by atoms with Gasteiger partial charge in [0.05, 0.1) is 6.04 Å². The number of carbonyl (C=O) groups excluding carboxylic acids is 1. The summed E-state index contributed by atoms with van der Waals surface area (Å²) in [5.74, 6) is -0.846. The van der Waals surface area contributed by atoms with E-state index in [1.165, 1.54) is 10.4 Å². The summed E-state index contributed by atoms with van der Waals surface area (Å²) < 4.78 is 41.2. The van der Waals surface area contributed by atoms with Gasteiger partial charge in [0.25, 0.3) is 5.91 Å². The number of amides is 1. The van der Waals surface area contributed by atoms with Crippen molar-refractivity contribution < 1.29 is 17.6 Å². The van der Waals surface area contributed by atoms with E-state index in [0.29, 0.717) is 19.0 Å². The molecule has 1 atom stereocenters. The molecule has 1 heterocycles. The summed E-state index contributed by atoms with van der Waals surface area (Å²) in [4.78, 5) is 12.5. The maximum atomic E-state index is 14.3. The maximum Gasteiger partial charge on any atom is 0.251 e. The summed E-state index contributed by atoms with van der Waals surface area (Å²) in [6.45, 7) is 2.78. The molecule has 0 bridgehead atoms. The van der Waals surface area contributed by atoms with Crippen LogP contribution in [0.3, 0.4) is 0 Å². The lowest BCUT2D eigenvalue weighted by Crippen LogP contribution is -2.31. The van der Waals surface area contributed by atoms with Gasteiger partial charge >= 0.3 is 0 Å². The first-order valence-corrected chi connectivity index (χ1v) is 11.5. The summed E-state index contributed by atoms with van der Waals surface area (Å²) in [6.07, 6.45) is 3.61. The summed E-state index contributed by atoms with van der Waals surface area (Å²) in [5, 5.41) is 3.03. The first-order chi connectivity index (χ1) is 13.9. The first-order valence-electron chi connectivity index (χ1n) is 10.0. The van der Waals surface area contributed by atoms with Crippen LogP contribution < -0.4 is 5.32 Å². The maximum absolute atomic E-state index is 14.3. The van der Waals surface area contributed by atoms with Gasteiger partial charge in [0.2, 0.25) is 10.0 Å². The average molecular weight is 417 g/mol. The highest BCUT2D eigenvalue weighted by molar-refractivity contribution is 7.89. The van der Waals surface area contributed by atoms with Crippen LogP contribution in [0.1, 0.15) is 53.2 Å². The Balaban J connectivity index is 1.59. The molecule has 1 saturated carbocycles. The van der Waals surface area contributed by atoms with Crippen molar-refractivity contribution >= 4 is 15.9 Å². The van der Waals surface area contributed by atoms with E-state index in [9.17, 15) is 17.6 Å². The minimum absolute atomic E-state index is 0.133. The minimum atomic E-state index is -3.94. The van der Waals surface area contributed by atoms with Gasteiger partial charge in [-0.05, 0) is 62.3 Å². The van der Waals surface area contributed by atoms with Gasteiger partial charge in [-0.15, -0.1) is 0 Å². The predicted octanol–water partition coefficient (Wildman–Crippen LogP) is 3.80. The highest BCUT2D eigenvalue weighted by atomic mass is 32.2. The second-order valence-corrected chi connectivity index (χ2v) is 9.86. The van der Waals surface area contributed by atoms with Gasteiger partial charge in [0.1, 0.15) is 10.7 Å². The first kappa shape index (κ1) is 20.0. The normalized spacial score (nSPS) is 18.6. The molecule has 0 radical (unpaired) electrons. The van der Waals surface area contributed by atoms with Gasteiger partial charge < -0.3 is 5.32 Å². The van der Waals surface area contributed by atoms with Crippen molar-refractivity contribution in [3.63, 3.8) is 0 Å². The molecule has 1 unspecified atom stereocenters. The SMILES string of the molecule is Cc1ccc(C(NC(=O)c2ccc(F)c(S(=O)(=O)N3CCCC3)c2)C2CC2)cc1. The fourth-order valence-corrected chi connectivity index (χ4v) is 5.42. The Morgan fingerprint density at radius 2 is 1.76 bits per heavy atom. The van der Waals surface area contributed by atoms with Gasteiger partial charge in [0, 0.05) is 18.7 Å². The average Bonchev–Trinajstić information content (AvgIpc) is 3.38. The number of nitrogens with one attached hydrogen (secondary N) is 1. The molecule has 1 N–H and O–H groups in total. The summed E-state index contributed by atoms with van der Waals surface area (Å²) in [6, 6.07) is 11.5. The van der Waals surface area contributed by atoms with Crippen LogP contribution in [-0.4, -0.2) is 31.7 Å². The van der Waals surface area contributed by atoms with Gasteiger partial charge in [-0.2, -0.15) is 4.31 Å². The van der Waals surface area contributed by atoms with Gasteiger partial charge in [-0.1, -0.05) is 29.8 Å². The van der Waals surface area contributed by atoms with E-state index in [1.807, 2.05) is 31.2 Å². The standard InChI is InChI=1S/C22H25FN2O3S/c1-15-4-6-16(7-5-15)21(17-8-9-17)24-22(26)18-10-11-19(23)20(14-18)29(27,28)25-12-2-3-13-25/h4-7,10-11,14,17,21H,2-3,8-9,12-13H2,1H3,(H,24,26). The Morgan fingerprint density at radius 1 is 1.10 bits per heavy atom. The van der Waals surface area contributed by atoms with Crippen LogP contribution in [0.5, 0.6) is 0 Å². The molecule has 4 rings (SSSR count). The second kappa shape index (κ2) is 7.88. The largest absolute Gasteiger partial charge is 0.345 e. The molecule has 0 aromatic heterocycles. The molecule has 2 aromatic carbocycles. The number of rotatable bonds is 6. The molecule has 1 aliphatic carbocycles. The highest BCUT2D eigenvalue weighted by Crippen LogP contribution is 2.41. The van der Waals surface area contributed by atoms with E-state index < -0.39 is 20.7 Å². The predicted molar refractivity (Wildman–Crippen MR) is 109 cm³/mol. The van der Waals surface area contributed by atoms with Crippen molar-refractivity contribution in [2.75, 3.05) is 13.1 Å². The van der Waals surface area contributed by atoms with E-state index in [4.69, 9.17) is 0 Å². The van der Waals surface area contributed by atoms with Crippen molar-refractivity contribution in [3.05, 3.63) is 65.0 Å². The number of benzene rings is 2. The summed E-state index contributed by atoms with van der Waals surface area (Å²) >= 11 is 0. The lowest BCUT2D eigenvalue weighted by molar-refractivity contribution is 0.0931. The number of nitrogens with zero attached hydrogens (tertiary/aromatic N) is 1. The number of aryl methyl sites for hydroxylation is 1. The number of hydrogen-bond donors (Lipinski definition) is 1. The zero-order chi connectivity index (χ0) is 20.6. The topological polar surface area (TPSA) is 66.5 Å². The van der Waals surface area contributed by atoms with E-state index in [0.717, 1.165) is 48.9 Å². The number of hydrogen-bond acceptors (Lipinski definition) is 3. The van der Waals surface area contributed by atoms with Crippen molar-refractivity contribution in [2.24, 2.45) is 5.92 Å². The summed E-state index contributed by atoms with van der Waals surface area (Å²) in [5.41, 5.74) is 2.32. The molecule has 2 fully saturated rings. The Kier molecular flexibility index (Phi) is 5.44. The molecule has 154 valence electrons. The van der Waals surface area contributed by atoms with Crippen LogP contribution in [0.2, 0.25) is 0 Å². The van der Waals surface area contributed by atoms with Gasteiger partial charge in [-0.3, -0.25) is 4.79 Å². The molecule has 5 nitrogen and oxygen atoms in total. The molecule has 2 aliphatic rings. The fraction of sp³-hybridized carbons (Fsp3) is 0.409. The van der Waals surface area contributed by atoms with E-state index >= 15 is 0 Å². The van der Waals surface area contributed by atoms with E-state index in [2.05, 4.69) is 5.32 Å². The van der Waals surface area contributed by atoms with Crippen LogP contribution >= 0.6 is 0 Å². The zero-order valence-corrected chi connectivity index (χ0v) is 17.2. The van der Waals surface area contributed by atoms with Gasteiger partial charge in [0.15, 0.2) is 0 Å². The monoisotopic (exact) mass is 416 g/mol. The minimum Gasteiger partial charge on any atom is -0.345 e. The molecule has 1 amide bonds. The van der Waals surface area contributed by atoms with Crippen LogP contribution in [0.25, 0.3) is 0 Å². The fourth-order valence-electron chi connectivity index (χ4n) is 3.81. The van der Waals surface area contributed by atoms with Crippen LogP contribution in [0.15, 0.2) is 47.4 Å². The number of carbonyl (C=O) groups is 1. The Bertz CT molecular complexity index is 1010. The third kappa shape index (κ3) is 4.21. The molecule has 1 saturated heterocycles. The molecular formula is C22H25FN2O3S. The molecule has 7 heteroatoms. The van der Waals surface area contributed by atoms with Gasteiger partial charge in [-0.25, -0.2) is 12.8 Å². The van der Waals surface area contributed by atoms with Crippen molar-refractivity contribution in [1.82, 2.24) is 9.62 Å². The Labute approximate surface area is 171 Å². The smallest absolute Gasteiger partial charge is 0.251 e. The molecular weight excluding hydrogens is 391 g/mol. The second-order valence-electron chi connectivity index (χ2n) is 7.96. The van der Waals surface area contributed by atoms with Crippen molar-refractivity contribution in [2.45, 2.75) is 43.5 Å². The third-order valence-electron chi connectivity index (χ3n) is 5.69. The van der Waals surface area contributed by atoms with Crippen molar-refractivity contribution in [3.8, 4) is 0 Å². The lowest BCUT2D eigenvalue weighted by atomic mass is 10.0. The quantitative estimate of drug-likeness (QED) is 0.779. The molecule has 2 aromatic rings. The van der Waals surface area contributed by atoms with Crippen LogP contribution in [0.4, 0.5) is 4.39 Å². The van der Waals surface area contributed by atoms with E-state index in [-0.39, 0.29) is 17.5 Å². The van der Waals surface area contributed by atoms with E-state index in [1.54, 1.807) is 0 Å².